The average molecular weight is 246 g/mol. The average Bonchev–Trinajstić information content (AvgIpc) is 2.31. The molecule has 0 radical (unpaired) electrons. The first kappa shape index (κ1) is 11.3. The molecule has 82 valence electrons. The summed E-state index contributed by atoms with van der Waals surface area (Å²) >= 11 is 0. The highest BCUT2D eigenvalue weighted by Crippen LogP contribution is 2.57. The van der Waals surface area contributed by atoms with E-state index in [1.807, 2.05) is 6.07 Å². The Balaban J connectivity index is 2.14. The lowest BCUT2D eigenvalue weighted by atomic mass is 10.4. The molecule has 0 aromatic heterocycles. The van der Waals surface area contributed by atoms with E-state index < -0.39 is 15.5 Å². The SMILES string of the molecule is O=P1(c2ccccc2)OCP(CO)CO1. The minimum Gasteiger partial charge on any atom is -0.392 e. The van der Waals surface area contributed by atoms with Crippen LogP contribution in [-0.4, -0.2) is 24.2 Å². The van der Waals surface area contributed by atoms with E-state index in [9.17, 15) is 4.57 Å². The van der Waals surface area contributed by atoms with Crippen molar-refractivity contribution in [1.82, 2.24) is 0 Å². The second-order valence-corrected chi connectivity index (χ2v) is 7.33. The van der Waals surface area contributed by atoms with E-state index in [2.05, 4.69) is 0 Å². The molecule has 0 amide bonds. The van der Waals surface area contributed by atoms with E-state index in [-0.39, 0.29) is 6.35 Å². The molecule has 2 rings (SSSR count). The number of hydrogen-bond donors (Lipinski definition) is 1. The summed E-state index contributed by atoms with van der Waals surface area (Å²) in [7, 11) is -3.79. The van der Waals surface area contributed by atoms with E-state index in [4.69, 9.17) is 14.2 Å². The maximum atomic E-state index is 12.2. The third-order valence-electron chi connectivity index (χ3n) is 2.09. The molecular formula is C9H12O4P2. The van der Waals surface area contributed by atoms with Crippen molar-refractivity contribution in [3.8, 4) is 0 Å². The molecule has 1 heterocycles. The van der Waals surface area contributed by atoms with Gasteiger partial charge < -0.3 is 14.2 Å². The first-order valence-electron chi connectivity index (χ1n) is 4.52. The highest BCUT2D eigenvalue weighted by molar-refractivity contribution is 7.65. The van der Waals surface area contributed by atoms with E-state index in [1.165, 1.54) is 0 Å². The van der Waals surface area contributed by atoms with Crippen LogP contribution in [0.25, 0.3) is 0 Å². The molecule has 1 aliphatic rings. The predicted octanol–water partition coefficient (Wildman–Crippen LogP) is 1.90. The molecule has 4 nitrogen and oxygen atoms in total. The molecule has 15 heavy (non-hydrogen) atoms. The number of aliphatic hydroxyl groups is 1. The highest BCUT2D eigenvalue weighted by Gasteiger charge is 2.33. The van der Waals surface area contributed by atoms with Gasteiger partial charge in [0.25, 0.3) is 0 Å². The fourth-order valence-corrected chi connectivity index (χ4v) is 4.90. The minimum absolute atomic E-state index is 0.0596. The standard InChI is InChI=1S/C9H12O4P2/c10-6-14-7-12-15(11,13-8-14)9-4-2-1-3-5-9/h1-5,10H,6-8H2. The van der Waals surface area contributed by atoms with Gasteiger partial charge in [0.2, 0.25) is 0 Å². The Morgan fingerprint density at radius 2 is 1.87 bits per heavy atom. The van der Waals surface area contributed by atoms with Crippen LogP contribution in [0.1, 0.15) is 0 Å². The van der Waals surface area contributed by atoms with Crippen LogP contribution < -0.4 is 5.30 Å². The summed E-state index contributed by atoms with van der Waals surface area (Å²) < 4.78 is 22.7. The van der Waals surface area contributed by atoms with Crippen molar-refractivity contribution in [2.24, 2.45) is 0 Å². The summed E-state index contributed by atoms with van der Waals surface area (Å²) in [5.74, 6) is 0. The van der Waals surface area contributed by atoms with Gasteiger partial charge in [-0.1, -0.05) is 18.2 Å². The van der Waals surface area contributed by atoms with Crippen LogP contribution >= 0.6 is 15.5 Å². The zero-order valence-corrected chi connectivity index (χ0v) is 9.86. The molecule has 1 aromatic carbocycles. The van der Waals surface area contributed by atoms with Crippen molar-refractivity contribution < 1.29 is 18.7 Å². The Morgan fingerprint density at radius 3 is 2.40 bits per heavy atom. The fraction of sp³-hybridized carbons (Fsp3) is 0.333. The maximum Gasteiger partial charge on any atom is 0.362 e. The quantitative estimate of drug-likeness (QED) is 0.809. The molecule has 0 spiro atoms. The van der Waals surface area contributed by atoms with E-state index in [0.29, 0.717) is 18.0 Å². The Bertz CT molecular complexity index is 356. The van der Waals surface area contributed by atoms with Crippen LogP contribution in [0.2, 0.25) is 0 Å². The maximum absolute atomic E-state index is 12.2. The van der Waals surface area contributed by atoms with Crippen LogP contribution in [0.3, 0.4) is 0 Å². The van der Waals surface area contributed by atoms with Crippen LogP contribution in [0.15, 0.2) is 30.3 Å². The van der Waals surface area contributed by atoms with Crippen LogP contribution in [0, 0.1) is 0 Å². The molecule has 0 aliphatic carbocycles. The lowest BCUT2D eigenvalue weighted by Crippen LogP contribution is -2.16. The van der Waals surface area contributed by atoms with E-state index in [0.717, 1.165) is 0 Å². The summed E-state index contributed by atoms with van der Waals surface area (Å²) in [4.78, 5) is 0. The van der Waals surface area contributed by atoms with Gasteiger partial charge in [-0.05, 0) is 20.1 Å². The molecule has 1 fully saturated rings. The lowest BCUT2D eigenvalue weighted by Gasteiger charge is -2.28. The lowest BCUT2D eigenvalue weighted by molar-refractivity contribution is 0.240. The Morgan fingerprint density at radius 1 is 1.27 bits per heavy atom. The molecule has 1 N–H and O–H groups in total. The van der Waals surface area contributed by atoms with Gasteiger partial charge >= 0.3 is 7.60 Å². The molecule has 1 aliphatic heterocycles. The van der Waals surface area contributed by atoms with Crippen LogP contribution in [0.4, 0.5) is 0 Å². The summed E-state index contributed by atoms with van der Waals surface area (Å²) in [5.41, 5.74) is 0. The van der Waals surface area contributed by atoms with E-state index >= 15 is 0 Å². The Labute approximate surface area is 89.5 Å². The van der Waals surface area contributed by atoms with Gasteiger partial charge in [0.05, 0.1) is 24.3 Å². The summed E-state index contributed by atoms with van der Waals surface area (Å²) in [6, 6.07) is 8.90. The molecule has 6 heteroatoms. The number of benzene rings is 1. The summed E-state index contributed by atoms with van der Waals surface area (Å²) in [6.45, 7) is 0. The monoisotopic (exact) mass is 246 g/mol. The van der Waals surface area contributed by atoms with Gasteiger partial charge in [-0.2, -0.15) is 0 Å². The third-order valence-corrected chi connectivity index (χ3v) is 5.76. The smallest absolute Gasteiger partial charge is 0.362 e. The molecule has 1 aromatic rings. The third kappa shape index (κ3) is 2.47. The number of aliphatic hydroxyl groups excluding tert-OH is 1. The van der Waals surface area contributed by atoms with Crippen molar-refractivity contribution in [2.75, 3.05) is 19.0 Å². The van der Waals surface area contributed by atoms with Gasteiger partial charge in [0.1, 0.15) is 0 Å². The molecule has 1 saturated heterocycles. The van der Waals surface area contributed by atoms with Gasteiger partial charge in [-0.25, -0.2) is 0 Å². The zero-order valence-electron chi connectivity index (χ0n) is 8.07. The topological polar surface area (TPSA) is 55.8 Å². The Kier molecular flexibility index (Phi) is 3.55. The first-order valence-corrected chi connectivity index (χ1v) is 7.96. The number of hydrogen-bond acceptors (Lipinski definition) is 4. The Hall–Kier alpha value is -0.240. The largest absolute Gasteiger partial charge is 0.392 e. The fourth-order valence-electron chi connectivity index (χ4n) is 1.23. The van der Waals surface area contributed by atoms with Crippen molar-refractivity contribution in [3.63, 3.8) is 0 Å². The summed E-state index contributed by atoms with van der Waals surface area (Å²) in [5, 5.41) is 9.49. The predicted molar refractivity (Wildman–Crippen MR) is 59.6 cm³/mol. The van der Waals surface area contributed by atoms with Gasteiger partial charge in [0, 0.05) is 0 Å². The molecule has 0 atom stereocenters. The van der Waals surface area contributed by atoms with Crippen LogP contribution in [-0.2, 0) is 13.6 Å². The van der Waals surface area contributed by atoms with Crippen LogP contribution in [0.5, 0.6) is 0 Å². The molecule has 0 bridgehead atoms. The van der Waals surface area contributed by atoms with Crippen molar-refractivity contribution in [3.05, 3.63) is 30.3 Å². The van der Waals surface area contributed by atoms with Gasteiger partial charge in [-0.15, -0.1) is 0 Å². The highest BCUT2D eigenvalue weighted by atomic mass is 31.2. The van der Waals surface area contributed by atoms with Crippen molar-refractivity contribution in [2.45, 2.75) is 0 Å². The second-order valence-electron chi connectivity index (χ2n) is 3.16. The van der Waals surface area contributed by atoms with Gasteiger partial charge in [-0.3, -0.25) is 4.57 Å². The second kappa shape index (κ2) is 4.73. The minimum atomic E-state index is -3.11. The normalized spacial score (nSPS) is 31.4. The van der Waals surface area contributed by atoms with E-state index in [1.54, 1.807) is 24.3 Å². The molecule has 0 unspecified atom stereocenters. The van der Waals surface area contributed by atoms with Gasteiger partial charge in [0.15, 0.2) is 0 Å². The van der Waals surface area contributed by atoms with Crippen molar-refractivity contribution >= 4 is 20.8 Å². The summed E-state index contributed by atoms with van der Waals surface area (Å²) in [6.07, 6.45) is 0.750. The molecule has 0 saturated carbocycles. The number of rotatable bonds is 2. The zero-order chi connectivity index (χ0) is 10.7. The first-order chi connectivity index (χ1) is 7.24. The molecular weight excluding hydrogens is 234 g/mol. The van der Waals surface area contributed by atoms with Crippen molar-refractivity contribution in [1.29, 1.82) is 0 Å².